The Bertz CT molecular complexity index is 175. The van der Waals surface area contributed by atoms with Gasteiger partial charge in [0.25, 0.3) is 0 Å². The van der Waals surface area contributed by atoms with Crippen LogP contribution in [0.4, 0.5) is 0 Å². The highest BCUT2D eigenvalue weighted by Crippen LogP contribution is 2.36. The first kappa shape index (κ1) is 12.9. The smallest absolute Gasteiger partial charge is 0.0807 e. The first-order chi connectivity index (χ1) is 7.22. The predicted octanol–water partition coefficient (Wildman–Crippen LogP) is 1.95. The third kappa shape index (κ3) is 4.09. The maximum absolute atomic E-state index is 5.91. The fraction of sp³-hybridized carbons (Fsp3) is 1.00. The number of nitrogens with two attached hydrogens (primary N) is 1. The lowest BCUT2D eigenvalue weighted by Crippen LogP contribution is -2.39. The molecule has 1 saturated carbocycles. The van der Waals surface area contributed by atoms with Gasteiger partial charge in [0.1, 0.15) is 0 Å². The normalized spacial score (nSPS) is 31.0. The van der Waals surface area contributed by atoms with Crippen molar-refractivity contribution in [3.05, 3.63) is 0 Å². The molecule has 1 fully saturated rings. The molecule has 0 spiro atoms. The van der Waals surface area contributed by atoms with Crippen LogP contribution in [-0.4, -0.2) is 32.0 Å². The third-order valence-corrected chi connectivity index (χ3v) is 3.17. The summed E-state index contributed by atoms with van der Waals surface area (Å²) in [6.07, 6.45) is 4.53. The quantitative estimate of drug-likeness (QED) is 0.660. The zero-order valence-electron chi connectivity index (χ0n) is 10.1. The Morgan fingerprint density at radius 3 is 2.67 bits per heavy atom. The lowest BCUT2D eigenvalue weighted by molar-refractivity contribution is -0.0598. The number of hydrogen-bond acceptors (Lipinski definition) is 3. The Kier molecular flexibility index (Phi) is 5.58. The summed E-state index contributed by atoms with van der Waals surface area (Å²) in [6.45, 7) is 7.24. The average molecular weight is 215 g/mol. The van der Waals surface area contributed by atoms with E-state index in [1.54, 1.807) is 0 Å². The fourth-order valence-corrected chi connectivity index (χ4v) is 2.29. The molecule has 0 aliphatic heterocycles. The molecule has 0 heterocycles. The Balaban J connectivity index is 2.17. The largest absolute Gasteiger partial charge is 0.379 e. The van der Waals surface area contributed by atoms with Crippen molar-refractivity contribution in [2.24, 2.45) is 11.7 Å². The van der Waals surface area contributed by atoms with Crippen LogP contribution in [0.25, 0.3) is 0 Å². The summed E-state index contributed by atoms with van der Waals surface area (Å²) in [7, 11) is 0. The highest BCUT2D eigenvalue weighted by Gasteiger charge is 2.36. The van der Waals surface area contributed by atoms with Gasteiger partial charge in [-0.05, 0) is 31.6 Å². The molecule has 0 aromatic rings. The molecule has 3 nitrogen and oxygen atoms in total. The summed E-state index contributed by atoms with van der Waals surface area (Å²) < 4.78 is 11.3. The van der Waals surface area contributed by atoms with Gasteiger partial charge in [-0.25, -0.2) is 0 Å². The van der Waals surface area contributed by atoms with Crippen molar-refractivity contribution < 1.29 is 9.47 Å². The molecule has 3 heteroatoms. The van der Waals surface area contributed by atoms with E-state index in [9.17, 15) is 0 Å². The van der Waals surface area contributed by atoms with Crippen LogP contribution in [0, 0.1) is 5.92 Å². The monoisotopic (exact) mass is 215 g/mol. The van der Waals surface area contributed by atoms with Crippen molar-refractivity contribution in [3.63, 3.8) is 0 Å². The zero-order chi connectivity index (χ0) is 11.1. The Morgan fingerprint density at radius 2 is 2.13 bits per heavy atom. The lowest BCUT2D eigenvalue weighted by Gasteiger charge is -2.28. The summed E-state index contributed by atoms with van der Waals surface area (Å²) in [5.74, 6) is 0.755. The van der Waals surface area contributed by atoms with Crippen molar-refractivity contribution in [2.45, 2.75) is 45.1 Å². The third-order valence-electron chi connectivity index (χ3n) is 3.17. The van der Waals surface area contributed by atoms with Gasteiger partial charge in [-0.2, -0.15) is 0 Å². The molecule has 2 unspecified atom stereocenters. The maximum atomic E-state index is 5.91. The molecule has 90 valence electrons. The molecule has 0 amide bonds. The molecule has 0 saturated heterocycles. The molecular weight excluding hydrogens is 190 g/mol. The maximum Gasteiger partial charge on any atom is 0.0807 e. The van der Waals surface area contributed by atoms with Crippen LogP contribution in [0.3, 0.4) is 0 Å². The topological polar surface area (TPSA) is 44.5 Å². The van der Waals surface area contributed by atoms with Crippen molar-refractivity contribution in [3.8, 4) is 0 Å². The van der Waals surface area contributed by atoms with E-state index in [0.29, 0.717) is 19.8 Å². The summed E-state index contributed by atoms with van der Waals surface area (Å²) in [6, 6.07) is 0. The molecule has 1 rings (SSSR count). The van der Waals surface area contributed by atoms with E-state index in [4.69, 9.17) is 15.2 Å². The molecule has 15 heavy (non-hydrogen) atoms. The van der Waals surface area contributed by atoms with Gasteiger partial charge in [-0.3, -0.25) is 0 Å². The first-order valence-corrected chi connectivity index (χ1v) is 6.14. The lowest BCUT2D eigenvalue weighted by atomic mass is 10.0. The van der Waals surface area contributed by atoms with Crippen molar-refractivity contribution in [2.75, 3.05) is 26.4 Å². The van der Waals surface area contributed by atoms with Crippen LogP contribution in [0.1, 0.15) is 39.5 Å². The van der Waals surface area contributed by atoms with Gasteiger partial charge < -0.3 is 15.2 Å². The number of hydrogen-bond donors (Lipinski definition) is 1. The minimum Gasteiger partial charge on any atom is -0.379 e. The van der Waals surface area contributed by atoms with E-state index in [0.717, 1.165) is 31.8 Å². The van der Waals surface area contributed by atoms with Crippen LogP contribution in [0.5, 0.6) is 0 Å². The van der Waals surface area contributed by atoms with Gasteiger partial charge in [-0.15, -0.1) is 0 Å². The molecule has 2 atom stereocenters. The summed E-state index contributed by atoms with van der Waals surface area (Å²) in [5, 5.41) is 0. The highest BCUT2D eigenvalue weighted by molar-refractivity contribution is 4.90. The van der Waals surface area contributed by atoms with Gasteiger partial charge in [0, 0.05) is 13.2 Å². The molecule has 0 aromatic heterocycles. The number of rotatable bonds is 7. The number of ether oxygens (including phenoxy) is 2. The van der Waals surface area contributed by atoms with Crippen molar-refractivity contribution in [1.29, 1.82) is 0 Å². The van der Waals surface area contributed by atoms with E-state index in [2.05, 4.69) is 13.8 Å². The van der Waals surface area contributed by atoms with E-state index in [1.165, 1.54) is 6.42 Å². The van der Waals surface area contributed by atoms with Gasteiger partial charge >= 0.3 is 0 Å². The predicted molar refractivity (Wildman–Crippen MR) is 61.9 cm³/mol. The summed E-state index contributed by atoms with van der Waals surface area (Å²) in [4.78, 5) is 0. The van der Waals surface area contributed by atoms with Crippen LogP contribution < -0.4 is 5.73 Å². The second kappa shape index (κ2) is 6.46. The minimum atomic E-state index is -0.0466. The minimum absolute atomic E-state index is 0.0466. The van der Waals surface area contributed by atoms with Gasteiger partial charge in [0.05, 0.1) is 18.8 Å². The second-order valence-corrected chi connectivity index (χ2v) is 4.70. The van der Waals surface area contributed by atoms with E-state index < -0.39 is 0 Å². The van der Waals surface area contributed by atoms with Gasteiger partial charge in [0.15, 0.2) is 0 Å². The van der Waals surface area contributed by atoms with Crippen LogP contribution in [-0.2, 0) is 9.47 Å². The molecule has 0 aromatic carbocycles. The zero-order valence-corrected chi connectivity index (χ0v) is 10.1. The summed E-state index contributed by atoms with van der Waals surface area (Å²) in [5.41, 5.74) is 5.76. The second-order valence-electron chi connectivity index (χ2n) is 4.70. The van der Waals surface area contributed by atoms with Crippen LogP contribution in [0.2, 0.25) is 0 Å². The van der Waals surface area contributed by atoms with Crippen LogP contribution in [0.15, 0.2) is 0 Å². The Morgan fingerprint density at radius 1 is 1.33 bits per heavy atom. The molecule has 0 radical (unpaired) electrons. The van der Waals surface area contributed by atoms with E-state index in [-0.39, 0.29) is 5.60 Å². The highest BCUT2D eigenvalue weighted by atomic mass is 16.5. The molecular formula is C12H25NO2. The average Bonchev–Trinajstić information content (AvgIpc) is 2.61. The molecule has 1 aliphatic carbocycles. The van der Waals surface area contributed by atoms with Gasteiger partial charge in [-0.1, -0.05) is 13.8 Å². The van der Waals surface area contributed by atoms with Crippen molar-refractivity contribution in [1.82, 2.24) is 0 Å². The Hall–Kier alpha value is -0.120. The van der Waals surface area contributed by atoms with E-state index >= 15 is 0 Å². The van der Waals surface area contributed by atoms with Crippen molar-refractivity contribution >= 4 is 0 Å². The molecule has 2 N–H and O–H groups in total. The van der Waals surface area contributed by atoms with Gasteiger partial charge in [0.2, 0.25) is 0 Å². The summed E-state index contributed by atoms with van der Waals surface area (Å²) >= 11 is 0. The Labute approximate surface area is 93.3 Å². The standard InChI is InChI=1S/C12H25NO2/c1-3-6-14-7-8-15-12(10-13)5-4-11(2)9-12/h11H,3-10,13H2,1-2H3. The molecule has 0 bridgehead atoms. The fourth-order valence-electron chi connectivity index (χ4n) is 2.29. The van der Waals surface area contributed by atoms with Crippen LogP contribution >= 0.6 is 0 Å². The first-order valence-electron chi connectivity index (χ1n) is 6.14. The molecule has 1 aliphatic rings. The van der Waals surface area contributed by atoms with E-state index in [1.807, 2.05) is 0 Å². The SMILES string of the molecule is CCCOCCOC1(CN)CCC(C)C1.